The quantitative estimate of drug-likeness (QED) is 0.463. The second kappa shape index (κ2) is 6.16. The van der Waals surface area contributed by atoms with Crippen LogP contribution in [0.25, 0.3) is 0 Å². The molecule has 1 saturated heterocycles. The molecule has 0 atom stereocenters. The zero-order chi connectivity index (χ0) is 11.3. The van der Waals surface area contributed by atoms with Gasteiger partial charge in [0, 0.05) is 10.8 Å². The summed E-state index contributed by atoms with van der Waals surface area (Å²) in [5, 5.41) is 4.31. The van der Waals surface area contributed by atoms with Gasteiger partial charge in [-0.15, -0.1) is 10.2 Å². The van der Waals surface area contributed by atoms with Crippen LogP contribution in [0.3, 0.4) is 0 Å². The van der Waals surface area contributed by atoms with Crippen molar-refractivity contribution in [2.45, 2.75) is 0 Å². The predicted molar refractivity (Wildman–Crippen MR) is 49.7 cm³/mol. The van der Waals surface area contributed by atoms with Gasteiger partial charge >= 0.3 is 3.98 Å². The van der Waals surface area contributed by atoms with Crippen molar-refractivity contribution in [2.75, 3.05) is 18.2 Å². The lowest BCUT2D eigenvalue weighted by Crippen LogP contribution is -2.68. The molecule has 9 heteroatoms. The Bertz CT molecular complexity index is 327. The lowest BCUT2D eigenvalue weighted by molar-refractivity contribution is -2.00. The molecule has 0 aromatic carbocycles. The van der Waals surface area contributed by atoms with Crippen LogP contribution in [0, 0.1) is 10.2 Å². The first-order valence-corrected chi connectivity index (χ1v) is 7.91. The van der Waals surface area contributed by atoms with Crippen molar-refractivity contribution >= 4 is 34.4 Å². The first kappa shape index (κ1) is 13.4. The summed E-state index contributed by atoms with van der Waals surface area (Å²) in [6, 6.07) is 0. The highest BCUT2D eigenvalue weighted by Gasteiger charge is 2.14. The zero-order valence-electron chi connectivity index (χ0n) is 7.46. The molecule has 1 aliphatic rings. The number of hydrogen-bond donors (Lipinski definition) is 0. The molecule has 2 heterocycles. The Morgan fingerprint density at radius 1 is 1.13 bits per heavy atom. The molecule has 86 valence electrons. The predicted octanol–water partition coefficient (Wildman–Crippen LogP) is -3.47. The summed E-state index contributed by atoms with van der Waals surface area (Å²) < 4.78 is 37.9. The van der Waals surface area contributed by atoms with E-state index < -0.39 is 10.2 Å². The van der Waals surface area contributed by atoms with Crippen molar-refractivity contribution in [1.29, 1.82) is 0 Å². The first-order chi connectivity index (χ1) is 6.97. The molecule has 1 aromatic rings. The second-order valence-corrected chi connectivity index (χ2v) is 6.33. The van der Waals surface area contributed by atoms with Crippen LogP contribution in [0.5, 0.6) is 0 Å². The summed E-state index contributed by atoms with van der Waals surface area (Å²) in [5.74, 6) is 2.49. The number of thioether (sulfide) groups is 1. The van der Waals surface area contributed by atoms with Gasteiger partial charge in [-0.3, -0.25) is 0 Å². The normalized spacial score (nSPS) is 16.1. The van der Waals surface area contributed by atoms with Crippen LogP contribution in [-0.4, -0.2) is 18.2 Å². The van der Waals surface area contributed by atoms with E-state index in [2.05, 4.69) is 15.3 Å². The van der Waals surface area contributed by atoms with E-state index in [1.165, 1.54) is 22.2 Å². The van der Waals surface area contributed by atoms with Gasteiger partial charge in [-0.2, -0.15) is 0 Å². The Morgan fingerprint density at radius 2 is 1.67 bits per heavy atom. The molecule has 2 rings (SSSR count). The summed E-state index contributed by atoms with van der Waals surface area (Å²) in [4.78, 5) is 0. The number of rotatable bonds is 0. The smallest absolute Gasteiger partial charge is 0.222 e. The van der Waals surface area contributed by atoms with Crippen molar-refractivity contribution in [2.24, 2.45) is 0 Å². The molecule has 0 saturated carbocycles. The average molecular weight is 290 g/mol. The molecular formula is C6H8ClNO4S3. The van der Waals surface area contributed by atoms with E-state index in [1.807, 2.05) is 34.4 Å². The van der Waals surface area contributed by atoms with Crippen LogP contribution in [0.1, 0.15) is 0 Å². The third kappa shape index (κ3) is 6.48. The largest absolute Gasteiger partial charge is 0.314 e. The van der Waals surface area contributed by atoms with E-state index in [9.17, 15) is 0 Å². The topological polar surface area (TPSA) is 95.2 Å². The molecule has 1 aliphatic heterocycles. The minimum absolute atomic E-state index is 1.19. The molecule has 0 aliphatic carbocycles. The SMILES string of the molecule is [O-][Cl+3]([O-])([O-])[O-].c1csc(=[N+]2CCSC2)s1. The van der Waals surface area contributed by atoms with Gasteiger partial charge in [-0.1, -0.05) is 34.4 Å². The van der Waals surface area contributed by atoms with Gasteiger partial charge in [0.05, 0.1) is 5.75 Å². The Morgan fingerprint density at radius 3 is 2.07 bits per heavy atom. The highest BCUT2D eigenvalue weighted by molar-refractivity contribution is 7.99. The fraction of sp³-hybridized carbons (Fsp3) is 0.500. The van der Waals surface area contributed by atoms with Crippen LogP contribution in [0.2, 0.25) is 0 Å². The standard InChI is InChI=1S/C6H8NS3.ClHO4/c1-2-8-5-7(1)6-9-3-4-10-6;2-1(3,4)5/h3-4H,1-2,5H2;(H,2,3,4,5)/q+1;/p-1. The van der Waals surface area contributed by atoms with E-state index >= 15 is 0 Å². The van der Waals surface area contributed by atoms with E-state index in [-0.39, 0.29) is 0 Å². The van der Waals surface area contributed by atoms with Gasteiger partial charge in [0.2, 0.25) is 0 Å². The minimum Gasteiger partial charge on any atom is -0.222 e. The number of halogens is 1. The van der Waals surface area contributed by atoms with Gasteiger partial charge < -0.3 is 0 Å². The maximum atomic E-state index is 8.49. The van der Waals surface area contributed by atoms with Crippen LogP contribution in [0.4, 0.5) is 0 Å². The Kier molecular flexibility index (Phi) is 5.50. The van der Waals surface area contributed by atoms with Gasteiger partial charge in [0.25, 0.3) is 0 Å². The molecule has 0 unspecified atom stereocenters. The minimum atomic E-state index is -4.94. The van der Waals surface area contributed by atoms with Crippen molar-refractivity contribution in [1.82, 2.24) is 4.58 Å². The maximum Gasteiger partial charge on any atom is 0.314 e. The van der Waals surface area contributed by atoms with Crippen LogP contribution < -0.4 is 27.2 Å². The highest BCUT2D eigenvalue weighted by Crippen LogP contribution is 2.06. The van der Waals surface area contributed by atoms with Crippen molar-refractivity contribution in [3.8, 4) is 0 Å². The van der Waals surface area contributed by atoms with E-state index in [1.54, 1.807) is 0 Å². The average Bonchev–Trinajstić information content (AvgIpc) is 2.73. The van der Waals surface area contributed by atoms with E-state index in [4.69, 9.17) is 18.6 Å². The summed E-state index contributed by atoms with van der Waals surface area (Å²) in [6.07, 6.45) is 0. The molecule has 0 amide bonds. The monoisotopic (exact) mass is 289 g/mol. The Hall–Kier alpha value is 0.330. The third-order valence-electron chi connectivity index (χ3n) is 1.40. The molecular weight excluding hydrogens is 282 g/mol. The zero-order valence-corrected chi connectivity index (χ0v) is 10.7. The molecule has 0 bridgehead atoms. The van der Waals surface area contributed by atoms with Crippen molar-refractivity contribution in [3.05, 3.63) is 14.7 Å². The molecule has 5 nitrogen and oxygen atoms in total. The maximum absolute atomic E-state index is 8.49. The molecule has 0 radical (unpaired) electrons. The molecule has 1 aromatic heterocycles. The summed E-state index contributed by atoms with van der Waals surface area (Å²) in [6.45, 7) is 1.24. The third-order valence-corrected chi connectivity index (χ3v) is 4.58. The van der Waals surface area contributed by atoms with Crippen LogP contribution >= 0.6 is 34.4 Å². The second-order valence-electron chi connectivity index (χ2n) is 2.45. The van der Waals surface area contributed by atoms with Crippen molar-refractivity contribution in [3.63, 3.8) is 0 Å². The highest BCUT2D eigenvalue weighted by atomic mass is 35.7. The lowest BCUT2D eigenvalue weighted by Gasteiger charge is -2.17. The molecule has 15 heavy (non-hydrogen) atoms. The molecule has 1 fully saturated rings. The van der Waals surface area contributed by atoms with Gasteiger partial charge in [0.15, 0.2) is 12.4 Å². The van der Waals surface area contributed by atoms with Gasteiger partial charge in [0.1, 0.15) is 0 Å². The van der Waals surface area contributed by atoms with E-state index in [0.717, 1.165) is 0 Å². The van der Waals surface area contributed by atoms with E-state index in [0.29, 0.717) is 0 Å². The Balaban J connectivity index is 0.000000195. The molecule has 0 N–H and O–H groups in total. The fourth-order valence-electron chi connectivity index (χ4n) is 0.907. The lowest BCUT2D eigenvalue weighted by atomic mass is 10.7. The molecule has 0 spiro atoms. The first-order valence-electron chi connectivity index (χ1n) is 3.76. The number of nitrogens with zero attached hydrogens (tertiary/aromatic N) is 1. The number of hydrogen-bond acceptors (Lipinski definition) is 7. The summed E-state index contributed by atoms with van der Waals surface area (Å²) >= 11 is 5.72. The van der Waals surface area contributed by atoms with Crippen molar-refractivity contribution < 1.29 is 28.9 Å². The van der Waals surface area contributed by atoms with Gasteiger partial charge in [-0.05, 0) is 0 Å². The fourth-order valence-corrected chi connectivity index (χ4v) is 3.87. The summed E-state index contributed by atoms with van der Waals surface area (Å²) in [7, 11) is -4.94. The van der Waals surface area contributed by atoms with Crippen LogP contribution in [0.15, 0.2) is 10.8 Å². The van der Waals surface area contributed by atoms with Crippen LogP contribution in [-0.2, 0) is 0 Å². The van der Waals surface area contributed by atoms with Gasteiger partial charge in [-0.25, -0.2) is 23.2 Å². The Labute approximate surface area is 101 Å². The summed E-state index contributed by atoms with van der Waals surface area (Å²) in [5.41, 5.74) is 0.